The Morgan fingerprint density at radius 2 is 1.31 bits per heavy atom. The summed E-state index contributed by atoms with van der Waals surface area (Å²) < 4.78 is 10.2. The Labute approximate surface area is 188 Å². The summed E-state index contributed by atoms with van der Waals surface area (Å²) in [5.41, 5.74) is 3.21. The van der Waals surface area contributed by atoms with E-state index < -0.39 is 17.7 Å². The van der Waals surface area contributed by atoms with E-state index in [9.17, 15) is 9.59 Å². The van der Waals surface area contributed by atoms with E-state index in [4.69, 9.17) is 9.47 Å². The maximum Gasteiger partial charge on any atom is 0.350 e. The lowest BCUT2D eigenvalue weighted by molar-refractivity contribution is -0.222. The van der Waals surface area contributed by atoms with Crippen LogP contribution in [0, 0.1) is 0 Å². The van der Waals surface area contributed by atoms with Gasteiger partial charge in [-0.1, -0.05) is 42.5 Å². The highest BCUT2D eigenvalue weighted by Crippen LogP contribution is 2.23. The minimum atomic E-state index is -1.24. The smallest absolute Gasteiger partial charge is 0.350 e. The number of carbonyl (C=O) groups is 2. The fourth-order valence-electron chi connectivity index (χ4n) is 3.85. The van der Waals surface area contributed by atoms with Crippen molar-refractivity contribution in [1.29, 1.82) is 0 Å². The molecule has 7 nitrogen and oxygen atoms in total. The molecule has 2 saturated heterocycles. The van der Waals surface area contributed by atoms with Crippen LogP contribution in [-0.2, 0) is 32.2 Å². The van der Waals surface area contributed by atoms with Gasteiger partial charge >= 0.3 is 11.9 Å². The second-order valence-electron chi connectivity index (χ2n) is 8.62. The number of nitrogens with one attached hydrogen (secondary N) is 1. The summed E-state index contributed by atoms with van der Waals surface area (Å²) in [6.07, 6.45) is 1.33. The van der Waals surface area contributed by atoms with Gasteiger partial charge in [-0.15, -0.1) is 0 Å². The predicted octanol–water partition coefficient (Wildman–Crippen LogP) is 3.14. The molecule has 1 N–H and O–H groups in total. The Morgan fingerprint density at radius 1 is 0.812 bits per heavy atom. The molecule has 0 aromatic heterocycles. The van der Waals surface area contributed by atoms with Crippen LogP contribution in [0.1, 0.15) is 25.0 Å². The molecule has 2 aromatic carbocycles. The van der Waals surface area contributed by atoms with Crippen molar-refractivity contribution in [2.45, 2.75) is 32.7 Å². The summed E-state index contributed by atoms with van der Waals surface area (Å²) in [5, 5.41) is 2.98. The molecule has 32 heavy (non-hydrogen) atoms. The molecule has 0 amide bonds. The quantitative estimate of drug-likeness (QED) is 0.425. The second kappa shape index (κ2) is 9.54. The van der Waals surface area contributed by atoms with Crippen molar-refractivity contribution in [3.8, 4) is 0 Å². The molecule has 0 radical (unpaired) electrons. The van der Waals surface area contributed by atoms with Gasteiger partial charge in [0.25, 0.3) is 5.79 Å². The molecule has 7 heteroatoms. The van der Waals surface area contributed by atoms with Gasteiger partial charge in [0, 0.05) is 65.0 Å². The number of rotatable bonds is 6. The summed E-state index contributed by atoms with van der Waals surface area (Å²) in [6, 6.07) is 18.6. The van der Waals surface area contributed by atoms with Crippen molar-refractivity contribution in [2.75, 3.05) is 31.5 Å². The third kappa shape index (κ3) is 5.75. The van der Waals surface area contributed by atoms with Crippen molar-refractivity contribution in [3.05, 3.63) is 77.5 Å². The molecule has 2 aliphatic heterocycles. The minimum absolute atomic E-state index is 0.151. The largest absolute Gasteiger partial charge is 0.419 e. The summed E-state index contributed by atoms with van der Waals surface area (Å²) in [5.74, 6) is -2.62. The van der Waals surface area contributed by atoms with Gasteiger partial charge in [0.15, 0.2) is 5.57 Å². The van der Waals surface area contributed by atoms with E-state index in [1.807, 2.05) is 12.1 Å². The second-order valence-corrected chi connectivity index (χ2v) is 8.62. The van der Waals surface area contributed by atoms with Gasteiger partial charge in [-0.2, -0.15) is 0 Å². The van der Waals surface area contributed by atoms with Gasteiger partial charge in [-0.25, -0.2) is 9.59 Å². The fraction of sp³-hybridized carbons (Fsp3) is 0.360. The normalized spacial score (nSPS) is 19.2. The molecule has 2 heterocycles. The Morgan fingerprint density at radius 3 is 1.84 bits per heavy atom. The summed E-state index contributed by atoms with van der Waals surface area (Å²) >= 11 is 0. The van der Waals surface area contributed by atoms with Crippen molar-refractivity contribution in [3.63, 3.8) is 0 Å². The molecule has 0 bridgehead atoms. The molecule has 2 fully saturated rings. The number of benzene rings is 2. The predicted molar refractivity (Wildman–Crippen MR) is 121 cm³/mol. The molecule has 2 aromatic rings. The third-order valence-corrected chi connectivity index (χ3v) is 5.57. The number of carbonyl (C=O) groups excluding carboxylic acids is 2. The standard InChI is InChI=1S/C25H29N3O4/c1-25(2)31-23(29)22(24(30)32-25)16-26-21-10-8-20(9-11-21)18-28-14-12-27(13-15-28)17-19-6-4-3-5-7-19/h3-11,16,26H,12-15,17-18H2,1-2H3. The van der Waals surface area contributed by atoms with Crippen LogP contribution in [0.2, 0.25) is 0 Å². The molecular weight excluding hydrogens is 406 g/mol. The van der Waals surface area contributed by atoms with Crippen LogP contribution in [-0.4, -0.2) is 53.7 Å². The molecule has 0 spiro atoms. The van der Waals surface area contributed by atoms with Crippen LogP contribution in [0.25, 0.3) is 0 Å². The van der Waals surface area contributed by atoms with Gasteiger partial charge in [-0.05, 0) is 23.3 Å². The number of nitrogens with zero attached hydrogens (tertiary/aromatic N) is 2. The number of anilines is 1. The number of ether oxygens (including phenoxy) is 2. The SMILES string of the molecule is CC1(C)OC(=O)C(=CNc2ccc(CN3CCN(Cc4ccccc4)CC3)cc2)C(=O)O1. The maximum atomic E-state index is 12.0. The average Bonchev–Trinajstić information content (AvgIpc) is 2.76. The van der Waals surface area contributed by atoms with E-state index >= 15 is 0 Å². The number of esters is 2. The highest BCUT2D eigenvalue weighted by atomic mass is 16.7. The van der Waals surface area contributed by atoms with Crippen LogP contribution >= 0.6 is 0 Å². The Hall–Kier alpha value is -3.16. The summed E-state index contributed by atoms with van der Waals surface area (Å²) in [4.78, 5) is 29.0. The Bertz CT molecular complexity index is 956. The zero-order valence-corrected chi connectivity index (χ0v) is 18.5. The van der Waals surface area contributed by atoms with Gasteiger partial charge in [0.05, 0.1) is 0 Å². The molecule has 168 valence electrons. The van der Waals surface area contributed by atoms with Crippen LogP contribution in [0.3, 0.4) is 0 Å². The van der Waals surface area contributed by atoms with Crippen molar-refractivity contribution >= 4 is 17.6 Å². The number of hydrogen-bond acceptors (Lipinski definition) is 7. The van der Waals surface area contributed by atoms with Gasteiger partial charge in [0.1, 0.15) is 0 Å². The zero-order chi connectivity index (χ0) is 22.6. The number of piperazine rings is 1. The maximum absolute atomic E-state index is 12.0. The van der Waals surface area contributed by atoms with Crippen molar-refractivity contribution in [1.82, 2.24) is 9.80 Å². The van der Waals surface area contributed by atoms with Crippen LogP contribution in [0.4, 0.5) is 5.69 Å². The monoisotopic (exact) mass is 435 g/mol. The molecule has 0 aliphatic carbocycles. The van der Waals surface area contributed by atoms with Crippen LogP contribution in [0.15, 0.2) is 66.4 Å². The van der Waals surface area contributed by atoms with Gasteiger partial charge < -0.3 is 14.8 Å². The minimum Gasteiger partial charge on any atom is -0.419 e. The third-order valence-electron chi connectivity index (χ3n) is 5.57. The lowest BCUT2D eigenvalue weighted by Crippen LogP contribution is -2.45. The highest BCUT2D eigenvalue weighted by molar-refractivity contribution is 6.15. The van der Waals surface area contributed by atoms with E-state index in [0.29, 0.717) is 0 Å². The lowest BCUT2D eigenvalue weighted by Gasteiger charge is -2.34. The summed E-state index contributed by atoms with van der Waals surface area (Å²) in [6.45, 7) is 9.15. The van der Waals surface area contributed by atoms with Crippen LogP contribution < -0.4 is 5.32 Å². The Balaban J connectivity index is 1.26. The lowest BCUT2D eigenvalue weighted by atomic mass is 10.1. The highest BCUT2D eigenvalue weighted by Gasteiger charge is 2.38. The number of cyclic esters (lactones) is 2. The van der Waals surface area contributed by atoms with E-state index in [-0.39, 0.29) is 5.57 Å². The first-order valence-electron chi connectivity index (χ1n) is 10.9. The zero-order valence-electron chi connectivity index (χ0n) is 18.5. The first-order chi connectivity index (χ1) is 15.4. The van der Waals surface area contributed by atoms with E-state index in [1.54, 1.807) is 0 Å². The molecule has 4 rings (SSSR count). The van der Waals surface area contributed by atoms with Crippen molar-refractivity contribution in [2.24, 2.45) is 0 Å². The van der Waals surface area contributed by atoms with E-state index in [1.165, 1.54) is 31.2 Å². The number of hydrogen-bond donors (Lipinski definition) is 1. The molecule has 0 saturated carbocycles. The topological polar surface area (TPSA) is 71.1 Å². The average molecular weight is 436 g/mol. The van der Waals surface area contributed by atoms with Crippen LogP contribution in [0.5, 0.6) is 0 Å². The fourth-order valence-corrected chi connectivity index (χ4v) is 3.85. The van der Waals surface area contributed by atoms with E-state index in [2.05, 4.69) is 57.6 Å². The summed E-state index contributed by atoms with van der Waals surface area (Å²) in [7, 11) is 0. The Kier molecular flexibility index (Phi) is 6.58. The molecular formula is C25H29N3O4. The molecule has 0 unspecified atom stereocenters. The van der Waals surface area contributed by atoms with Gasteiger partial charge in [0.2, 0.25) is 0 Å². The first kappa shape index (κ1) is 22.0. The van der Waals surface area contributed by atoms with Crippen molar-refractivity contribution < 1.29 is 19.1 Å². The van der Waals surface area contributed by atoms with Gasteiger partial charge in [-0.3, -0.25) is 9.80 Å². The first-order valence-corrected chi connectivity index (χ1v) is 10.9. The molecule has 2 aliphatic rings. The molecule has 0 atom stereocenters. The van der Waals surface area contributed by atoms with E-state index in [0.717, 1.165) is 45.0 Å².